The first-order chi connectivity index (χ1) is 19.7. The van der Waals surface area contributed by atoms with Crippen LogP contribution in [0.1, 0.15) is 30.4 Å². The molecule has 0 aliphatic rings. The van der Waals surface area contributed by atoms with Gasteiger partial charge in [-0.25, -0.2) is 9.18 Å². The van der Waals surface area contributed by atoms with Gasteiger partial charge < -0.3 is 19.1 Å². The number of hydrogen-bond donors (Lipinski definition) is 0. The van der Waals surface area contributed by atoms with Gasteiger partial charge in [0, 0.05) is 38.1 Å². The fourth-order valence-corrected chi connectivity index (χ4v) is 4.57. The molecule has 0 radical (unpaired) electrons. The number of benzene rings is 1. The van der Waals surface area contributed by atoms with E-state index in [9.17, 15) is 19.3 Å². The van der Waals surface area contributed by atoms with Gasteiger partial charge in [-0.3, -0.25) is 20.1 Å². The number of aromatic nitrogens is 2. The number of nitro groups is 1. The van der Waals surface area contributed by atoms with Gasteiger partial charge in [-0.2, -0.15) is 0 Å². The van der Waals surface area contributed by atoms with Crippen molar-refractivity contribution in [1.29, 1.82) is 0 Å². The summed E-state index contributed by atoms with van der Waals surface area (Å²) >= 11 is 1.32. The van der Waals surface area contributed by atoms with Gasteiger partial charge >= 0.3 is 6.09 Å². The van der Waals surface area contributed by atoms with Crippen LogP contribution in [-0.2, 0) is 16.0 Å². The number of thiophene rings is 1. The third-order valence-corrected chi connectivity index (χ3v) is 6.45. The molecule has 0 saturated carbocycles. The topological polar surface area (TPSA) is 117 Å². The van der Waals surface area contributed by atoms with Crippen molar-refractivity contribution in [2.75, 3.05) is 20.2 Å². The van der Waals surface area contributed by atoms with Crippen LogP contribution in [0.15, 0.2) is 54.9 Å². The second-order valence-corrected chi connectivity index (χ2v) is 10.5. The summed E-state index contributed by atoms with van der Waals surface area (Å²) in [6.45, 7) is 5.10. The lowest BCUT2D eigenvalue weighted by Crippen LogP contribution is -2.38. The number of non-ortho nitro benzene ring substituents is 1. The second kappa shape index (κ2) is 11.7. The summed E-state index contributed by atoms with van der Waals surface area (Å²) in [6, 6.07) is 10.1. The van der Waals surface area contributed by atoms with Gasteiger partial charge in [0.15, 0.2) is 11.6 Å². The number of amides is 1. The van der Waals surface area contributed by atoms with Gasteiger partial charge in [-0.1, -0.05) is 6.07 Å². The predicted molar refractivity (Wildman–Crippen MR) is 144 cm³/mol. The summed E-state index contributed by atoms with van der Waals surface area (Å²) in [5.41, 5.74) is 0.751. The minimum atomic E-state index is -2.58. The van der Waals surface area contributed by atoms with E-state index in [1.165, 1.54) is 28.5 Å². The van der Waals surface area contributed by atoms with Crippen molar-refractivity contribution in [3.05, 3.63) is 76.4 Å². The van der Waals surface area contributed by atoms with E-state index in [2.05, 4.69) is 9.97 Å². The van der Waals surface area contributed by atoms with E-state index in [1.807, 2.05) is 0 Å². The molecule has 1 amide bonds. The molecule has 3 aromatic heterocycles. The second-order valence-electron chi connectivity index (χ2n) is 9.41. The van der Waals surface area contributed by atoms with E-state index < -0.39 is 29.5 Å². The monoisotopic (exact) mass is 557 g/mol. The number of nitro benzene ring substituents is 1. The molecule has 0 saturated heterocycles. The summed E-state index contributed by atoms with van der Waals surface area (Å²) < 4.78 is 52.7. The quantitative estimate of drug-likeness (QED) is 0.167. The predicted octanol–water partition coefficient (Wildman–Crippen LogP) is 6.58. The number of carbonyl (C=O) groups is 1. The van der Waals surface area contributed by atoms with Crippen LogP contribution in [-0.4, -0.2) is 51.7 Å². The van der Waals surface area contributed by atoms with Gasteiger partial charge in [0.05, 0.1) is 49.0 Å². The normalized spacial score (nSPS) is 12.9. The van der Waals surface area contributed by atoms with Crippen LogP contribution in [0, 0.1) is 15.9 Å². The minimum Gasteiger partial charge on any atom is -0.453 e. The first-order valence-electron chi connectivity index (χ1n) is 13.3. The highest BCUT2D eigenvalue weighted by Crippen LogP contribution is 2.39. The number of carbonyl (C=O) groups excluding carboxylic acids is 1. The largest absolute Gasteiger partial charge is 0.453 e. The van der Waals surface area contributed by atoms with Crippen LogP contribution in [0.3, 0.4) is 0 Å². The van der Waals surface area contributed by atoms with E-state index in [0.29, 0.717) is 27.2 Å². The minimum absolute atomic E-state index is 0.00479. The zero-order valence-electron chi connectivity index (χ0n) is 24.3. The third-order valence-electron chi connectivity index (χ3n) is 5.29. The molecule has 0 aliphatic carbocycles. The third kappa shape index (κ3) is 7.03. The average Bonchev–Trinajstić information content (AvgIpc) is 3.33. The number of rotatable bonds is 9. The van der Waals surface area contributed by atoms with Gasteiger partial charge in [-0.15, -0.1) is 11.3 Å². The van der Waals surface area contributed by atoms with Crippen LogP contribution in [0.2, 0.25) is 0 Å². The number of nitrogens with zero attached hydrogens (tertiary/aromatic N) is 4. The molecular weight excluding hydrogens is 527 g/mol. The molecule has 1 aromatic carbocycles. The maximum Gasteiger partial charge on any atom is 0.410 e. The number of pyridine rings is 2. The van der Waals surface area contributed by atoms with Crippen LogP contribution < -0.4 is 4.74 Å². The van der Waals surface area contributed by atoms with Gasteiger partial charge in [0.2, 0.25) is 0 Å². The molecule has 204 valence electrons. The average molecular weight is 558 g/mol. The Bertz CT molecular complexity index is 1590. The summed E-state index contributed by atoms with van der Waals surface area (Å²) in [7, 11) is -2.58. The summed E-state index contributed by atoms with van der Waals surface area (Å²) in [5.74, 6) is -0.703. The number of hydrogen-bond acceptors (Lipinski definition) is 9. The van der Waals surface area contributed by atoms with Crippen molar-refractivity contribution in [2.24, 2.45) is 0 Å². The molecule has 12 heteroatoms. The van der Waals surface area contributed by atoms with E-state index in [0.717, 1.165) is 17.0 Å². The Morgan fingerprint density at radius 3 is 2.67 bits per heavy atom. The smallest absolute Gasteiger partial charge is 0.410 e. The van der Waals surface area contributed by atoms with Crippen LogP contribution in [0.5, 0.6) is 11.5 Å². The first kappa shape index (κ1) is 23.9. The Kier molecular flexibility index (Phi) is 7.18. The van der Waals surface area contributed by atoms with Crippen LogP contribution in [0.4, 0.5) is 14.9 Å². The van der Waals surface area contributed by atoms with E-state index in [-0.39, 0.29) is 31.1 Å². The lowest BCUT2D eigenvalue weighted by Gasteiger charge is -2.27. The Balaban J connectivity index is 1.52. The van der Waals surface area contributed by atoms with Gasteiger partial charge in [0.1, 0.15) is 11.4 Å². The van der Waals surface area contributed by atoms with Crippen LogP contribution in [0.25, 0.3) is 20.8 Å². The Labute approximate surface area is 232 Å². The van der Waals surface area contributed by atoms with Crippen molar-refractivity contribution in [3.8, 4) is 22.1 Å². The molecule has 0 bridgehead atoms. The van der Waals surface area contributed by atoms with Gasteiger partial charge in [-0.05, 0) is 44.5 Å². The maximum absolute atomic E-state index is 14.4. The summed E-state index contributed by atoms with van der Waals surface area (Å²) in [6.07, 6.45) is 2.49. The molecule has 0 spiro atoms. The fourth-order valence-electron chi connectivity index (χ4n) is 3.53. The number of halogens is 1. The van der Waals surface area contributed by atoms with Crippen LogP contribution >= 0.6 is 11.3 Å². The highest BCUT2D eigenvalue weighted by atomic mass is 32.1. The SMILES string of the molecule is [2H]C([2H])([2H])OCCN(Cc1ccc(-c2cc3nccc(Oc4ccc([N+](=O)[O-])cc4F)c3s2)nc1)C(=O)OC(C)(C)C. The van der Waals surface area contributed by atoms with Crippen molar-refractivity contribution in [3.63, 3.8) is 0 Å². The molecule has 0 fully saturated rings. The fraction of sp³-hybridized carbons (Fsp3) is 0.296. The number of ether oxygens (including phenoxy) is 3. The van der Waals surface area contributed by atoms with Crippen molar-refractivity contribution in [1.82, 2.24) is 14.9 Å². The zero-order chi connectivity index (χ0) is 30.7. The lowest BCUT2D eigenvalue weighted by molar-refractivity contribution is -0.385. The summed E-state index contributed by atoms with van der Waals surface area (Å²) in [5, 5.41) is 10.9. The number of fused-ring (bicyclic) bond motifs is 1. The molecule has 0 aliphatic heterocycles. The molecule has 0 unspecified atom stereocenters. The Morgan fingerprint density at radius 1 is 1.18 bits per heavy atom. The standard InChI is InChI=1S/C27H27FN4O6S/c1-27(2,3)38-26(33)31(11-12-36-4)16-17-5-7-20(30-15-17)24-14-21-25(39-24)23(9-10-29-21)37-22-8-6-18(32(34)35)13-19(22)28/h5-10,13-15H,11-12,16H2,1-4H3/i4D3. The molecule has 0 atom stereocenters. The highest BCUT2D eigenvalue weighted by molar-refractivity contribution is 7.22. The molecule has 39 heavy (non-hydrogen) atoms. The van der Waals surface area contributed by atoms with Crippen molar-refractivity contribution in [2.45, 2.75) is 32.9 Å². The molecule has 10 nitrogen and oxygen atoms in total. The zero-order valence-corrected chi connectivity index (χ0v) is 22.2. The number of methoxy groups -OCH3 is 1. The van der Waals surface area contributed by atoms with Gasteiger partial charge in [0.25, 0.3) is 5.69 Å². The van der Waals surface area contributed by atoms with Crippen molar-refractivity contribution >= 4 is 33.3 Å². The lowest BCUT2D eigenvalue weighted by atomic mass is 10.2. The first-order valence-corrected chi connectivity index (χ1v) is 12.6. The molecule has 4 rings (SSSR count). The van der Waals surface area contributed by atoms with E-state index >= 15 is 0 Å². The van der Waals surface area contributed by atoms with E-state index in [1.54, 1.807) is 51.2 Å². The molecule has 3 heterocycles. The van der Waals surface area contributed by atoms with Crippen molar-refractivity contribution < 1.29 is 32.4 Å². The Morgan fingerprint density at radius 2 is 2.00 bits per heavy atom. The Hall–Kier alpha value is -4.16. The molecule has 4 aromatic rings. The molecule has 0 N–H and O–H groups in total. The van der Waals surface area contributed by atoms with E-state index in [4.69, 9.17) is 18.3 Å². The molecular formula is C27H27FN4O6S. The summed E-state index contributed by atoms with van der Waals surface area (Å²) in [4.78, 5) is 33.9. The maximum atomic E-state index is 14.4. The highest BCUT2D eigenvalue weighted by Gasteiger charge is 2.22.